The summed E-state index contributed by atoms with van der Waals surface area (Å²) in [5, 5.41) is 12.2. The van der Waals surface area contributed by atoms with Crippen LogP contribution < -0.4 is 5.32 Å². The number of aliphatic hydroxyl groups excluding tert-OH is 1. The average molecular weight is 289 g/mol. The summed E-state index contributed by atoms with van der Waals surface area (Å²) in [4.78, 5) is 11.6. The van der Waals surface area contributed by atoms with Crippen molar-refractivity contribution in [2.24, 2.45) is 0 Å². The van der Waals surface area contributed by atoms with Crippen molar-refractivity contribution in [3.8, 4) is 0 Å². The highest BCUT2D eigenvalue weighted by atomic mass is 19.4. The van der Waals surface area contributed by atoms with Gasteiger partial charge in [0.1, 0.15) is 0 Å². The van der Waals surface area contributed by atoms with Gasteiger partial charge in [0, 0.05) is 5.69 Å². The third-order valence-electron chi connectivity index (χ3n) is 3.31. The first-order chi connectivity index (χ1) is 9.31. The highest BCUT2D eigenvalue weighted by Crippen LogP contribution is 2.40. The number of aliphatic hydroxyl groups is 1. The van der Waals surface area contributed by atoms with Crippen molar-refractivity contribution in [1.82, 2.24) is 0 Å². The van der Waals surface area contributed by atoms with Crippen LogP contribution in [0.2, 0.25) is 0 Å². The van der Waals surface area contributed by atoms with Gasteiger partial charge in [-0.15, -0.1) is 0 Å². The summed E-state index contributed by atoms with van der Waals surface area (Å²) >= 11 is 0. The lowest BCUT2D eigenvalue weighted by Crippen LogP contribution is -2.27. The first-order valence-corrected chi connectivity index (χ1v) is 6.00. The third-order valence-corrected chi connectivity index (χ3v) is 3.31. The predicted octanol–water partition coefficient (Wildman–Crippen LogP) is 2.43. The first kappa shape index (κ1) is 14.6. The van der Waals surface area contributed by atoms with E-state index in [1.165, 1.54) is 6.07 Å². The zero-order valence-corrected chi connectivity index (χ0v) is 10.8. The SMILES string of the molecule is COC(=O)c1cc(C(F)(F)F)ccc1NC1(CO)CC1. The van der Waals surface area contributed by atoms with Crippen molar-refractivity contribution in [1.29, 1.82) is 0 Å². The second-order valence-electron chi connectivity index (χ2n) is 4.81. The first-order valence-electron chi connectivity index (χ1n) is 6.00. The molecule has 110 valence electrons. The third kappa shape index (κ3) is 2.87. The van der Waals surface area contributed by atoms with Crippen molar-refractivity contribution >= 4 is 11.7 Å². The molecule has 0 saturated heterocycles. The zero-order chi connectivity index (χ0) is 15.0. The Morgan fingerprint density at radius 3 is 2.55 bits per heavy atom. The Hall–Kier alpha value is -1.76. The van der Waals surface area contributed by atoms with E-state index in [1.807, 2.05) is 0 Å². The van der Waals surface area contributed by atoms with E-state index in [4.69, 9.17) is 0 Å². The van der Waals surface area contributed by atoms with E-state index >= 15 is 0 Å². The largest absolute Gasteiger partial charge is 0.465 e. The monoisotopic (exact) mass is 289 g/mol. The van der Waals surface area contributed by atoms with Crippen molar-refractivity contribution in [3.05, 3.63) is 29.3 Å². The van der Waals surface area contributed by atoms with Crippen LogP contribution in [0.25, 0.3) is 0 Å². The molecule has 0 atom stereocenters. The van der Waals surface area contributed by atoms with E-state index in [9.17, 15) is 23.1 Å². The van der Waals surface area contributed by atoms with Gasteiger partial charge in [0.05, 0.1) is 30.4 Å². The molecule has 0 heterocycles. The fourth-order valence-corrected chi connectivity index (χ4v) is 1.87. The minimum absolute atomic E-state index is 0.144. The number of carbonyl (C=O) groups excluding carboxylic acids is 1. The van der Waals surface area contributed by atoms with Crippen LogP contribution in [-0.4, -0.2) is 30.3 Å². The molecule has 1 aliphatic carbocycles. The Morgan fingerprint density at radius 1 is 1.45 bits per heavy atom. The molecule has 0 spiro atoms. The second kappa shape index (κ2) is 4.97. The van der Waals surface area contributed by atoms with Gasteiger partial charge in [-0.05, 0) is 31.0 Å². The standard InChI is InChI=1S/C13H14F3NO3/c1-20-11(19)9-6-8(13(14,15)16)2-3-10(9)17-12(7-18)4-5-12/h2-3,6,17-18H,4-5,7H2,1H3. The molecule has 1 saturated carbocycles. The molecule has 1 aliphatic rings. The molecule has 2 N–H and O–H groups in total. The van der Waals surface area contributed by atoms with Crippen molar-refractivity contribution in [2.75, 3.05) is 19.0 Å². The van der Waals surface area contributed by atoms with Crippen molar-refractivity contribution < 1.29 is 27.8 Å². The minimum Gasteiger partial charge on any atom is -0.465 e. The fraction of sp³-hybridized carbons (Fsp3) is 0.462. The quantitative estimate of drug-likeness (QED) is 0.836. The van der Waals surface area contributed by atoms with E-state index in [2.05, 4.69) is 10.1 Å². The van der Waals surface area contributed by atoms with Gasteiger partial charge in [-0.2, -0.15) is 13.2 Å². The predicted molar refractivity (Wildman–Crippen MR) is 65.5 cm³/mol. The van der Waals surface area contributed by atoms with E-state index in [-0.39, 0.29) is 17.9 Å². The molecule has 0 aromatic heterocycles. The molecule has 1 aromatic rings. The molecular formula is C13H14F3NO3. The number of hydrogen-bond donors (Lipinski definition) is 2. The lowest BCUT2D eigenvalue weighted by molar-refractivity contribution is -0.137. The number of alkyl halides is 3. The fourth-order valence-electron chi connectivity index (χ4n) is 1.87. The number of esters is 1. The molecule has 0 bridgehead atoms. The molecule has 2 rings (SSSR count). The molecule has 4 nitrogen and oxygen atoms in total. The van der Waals surface area contributed by atoms with Crippen LogP contribution in [0.5, 0.6) is 0 Å². The summed E-state index contributed by atoms with van der Waals surface area (Å²) in [5.74, 6) is -0.854. The number of nitrogens with one attached hydrogen (secondary N) is 1. The number of hydrogen-bond acceptors (Lipinski definition) is 4. The number of halogens is 3. The molecule has 20 heavy (non-hydrogen) atoms. The van der Waals surface area contributed by atoms with Crippen LogP contribution >= 0.6 is 0 Å². The van der Waals surface area contributed by atoms with Crippen molar-refractivity contribution in [2.45, 2.75) is 24.6 Å². The second-order valence-corrected chi connectivity index (χ2v) is 4.81. The van der Waals surface area contributed by atoms with Gasteiger partial charge >= 0.3 is 12.1 Å². The molecule has 7 heteroatoms. The molecule has 0 radical (unpaired) electrons. The Labute approximate surface area is 113 Å². The zero-order valence-electron chi connectivity index (χ0n) is 10.8. The minimum atomic E-state index is -4.53. The summed E-state index contributed by atoms with van der Waals surface area (Å²) in [7, 11) is 1.10. The van der Waals surface area contributed by atoms with E-state index in [0.29, 0.717) is 12.8 Å². The molecule has 0 aliphatic heterocycles. The Morgan fingerprint density at radius 2 is 2.10 bits per heavy atom. The Bertz CT molecular complexity index is 524. The van der Waals surface area contributed by atoms with Gasteiger partial charge in [-0.25, -0.2) is 4.79 Å². The molecule has 0 unspecified atom stereocenters. The maximum absolute atomic E-state index is 12.7. The van der Waals surface area contributed by atoms with E-state index in [0.717, 1.165) is 19.2 Å². The number of methoxy groups -OCH3 is 1. The summed E-state index contributed by atoms with van der Waals surface area (Å²) in [5.41, 5.74) is -1.42. The maximum atomic E-state index is 12.7. The average Bonchev–Trinajstić information content (AvgIpc) is 3.17. The normalized spacial score (nSPS) is 16.6. The van der Waals surface area contributed by atoms with Gasteiger partial charge < -0.3 is 15.2 Å². The molecule has 0 amide bonds. The van der Waals surface area contributed by atoms with Crippen LogP contribution in [0.1, 0.15) is 28.8 Å². The highest BCUT2D eigenvalue weighted by molar-refractivity contribution is 5.96. The summed E-state index contributed by atoms with van der Waals surface area (Å²) in [6, 6.07) is 2.83. The van der Waals surface area contributed by atoms with Crippen LogP contribution in [-0.2, 0) is 10.9 Å². The van der Waals surface area contributed by atoms with Crippen molar-refractivity contribution in [3.63, 3.8) is 0 Å². The van der Waals surface area contributed by atoms with Gasteiger partial charge in [0.25, 0.3) is 0 Å². The van der Waals surface area contributed by atoms with E-state index < -0.39 is 23.2 Å². The molecule has 1 aromatic carbocycles. The smallest absolute Gasteiger partial charge is 0.416 e. The number of benzene rings is 1. The van der Waals surface area contributed by atoms with Crippen LogP contribution in [0.15, 0.2) is 18.2 Å². The van der Waals surface area contributed by atoms with Crippen LogP contribution in [0.4, 0.5) is 18.9 Å². The van der Waals surface area contributed by atoms with Crippen LogP contribution in [0.3, 0.4) is 0 Å². The summed E-state index contributed by atoms with van der Waals surface area (Å²) < 4.78 is 42.5. The lowest BCUT2D eigenvalue weighted by atomic mass is 10.1. The number of anilines is 1. The Balaban J connectivity index is 2.38. The van der Waals surface area contributed by atoms with Gasteiger partial charge in [0.2, 0.25) is 0 Å². The van der Waals surface area contributed by atoms with Crippen LogP contribution in [0, 0.1) is 0 Å². The molecule has 1 fully saturated rings. The summed E-state index contributed by atoms with van der Waals surface area (Å²) in [6.07, 6.45) is -3.13. The van der Waals surface area contributed by atoms with Gasteiger partial charge in [-0.3, -0.25) is 0 Å². The number of carbonyl (C=O) groups is 1. The summed E-state index contributed by atoms with van der Waals surface area (Å²) in [6.45, 7) is -0.144. The Kier molecular flexibility index (Phi) is 3.64. The number of rotatable bonds is 4. The lowest BCUT2D eigenvalue weighted by Gasteiger charge is -2.19. The number of ether oxygens (including phenoxy) is 1. The highest BCUT2D eigenvalue weighted by Gasteiger charge is 2.43. The topological polar surface area (TPSA) is 58.6 Å². The van der Waals surface area contributed by atoms with E-state index in [1.54, 1.807) is 0 Å². The maximum Gasteiger partial charge on any atom is 0.416 e. The molecular weight excluding hydrogens is 275 g/mol. The van der Waals surface area contributed by atoms with Gasteiger partial charge in [-0.1, -0.05) is 0 Å². The van der Waals surface area contributed by atoms with Gasteiger partial charge in [0.15, 0.2) is 0 Å².